The van der Waals surface area contributed by atoms with Crippen molar-refractivity contribution in [3.05, 3.63) is 42.0 Å². The second-order valence-electron chi connectivity index (χ2n) is 7.40. The van der Waals surface area contributed by atoms with Crippen molar-refractivity contribution in [1.29, 1.82) is 0 Å². The normalized spacial score (nSPS) is 17.2. The number of piperazine rings is 1. The summed E-state index contributed by atoms with van der Waals surface area (Å²) in [6.45, 7) is 0.934. The minimum atomic E-state index is -5.01. The molecule has 1 saturated heterocycles. The Bertz CT molecular complexity index is 1120. The van der Waals surface area contributed by atoms with E-state index in [0.717, 1.165) is 12.1 Å². The van der Waals surface area contributed by atoms with Gasteiger partial charge >= 0.3 is 6.18 Å². The Balaban J connectivity index is 1.57. The molecule has 9 nitrogen and oxygen atoms in total. The molecular formula is C20H22F3N5O4S. The number of aliphatic hydroxyl groups excluding tert-OH is 1. The van der Waals surface area contributed by atoms with Gasteiger partial charge in [-0.2, -0.15) is 13.2 Å². The predicted octanol–water partition coefficient (Wildman–Crippen LogP) is 0.358. The van der Waals surface area contributed by atoms with Crippen LogP contribution in [0.2, 0.25) is 0 Å². The quantitative estimate of drug-likeness (QED) is 0.406. The lowest BCUT2D eigenvalue weighted by molar-refractivity contribution is -0.277. The average Bonchev–Trinajstić information content (AvgIpc) is 2.78. The Hall–Kier alpha value is -2.92. The van der Waals surface area contributed by atoms with Gasteiger partial charge in [0.1, 0.15) is 5.82 Å². The van der Waals surface area contributed by atoms with E-state index in [4.69, 9.17) is 10.8 Å². The highest BCUT2D eigenvalue weighted by Crippen LogP contribution is 2.39. The molecule has 1 aromatic heterocycles. The van der Waals surface area contributed by atoms with Crippen molar-refractivity contribution >= 4 is 21.3 Å². The predicted molar refractivity (Wildman–Crippen MR) is 114 cm³/mol. The van der Waals surface area contributed by atoms with Crippen molar-refractivity contribution in [2.75, 3.05) is 50.0 Å². The van der Waals surface area contributed by atoms with Crippen LogP contribution >= 0.6 is 0 Å². The second kappa shape index (κ2) is 9.52. The van der Waals surface area contributed by atoms with Crippen LogP contribution in [0.3, 0.4) is 0 Å². The smallest absolute Gasteiger partial charge is 0.393 e. The summed E-state index contributed by atoms with van der Waals surface area (Å²) in [5.41, 5.74) is 2.29. The summed E-state index contributed by atoms with van der Waals surface area (Å²) in [7, 11) is -3.91. The average molecular weight is 485 g/mol. The second-order valence-corrected chi connectivity index (χ2v) is 9.03. The van der Waals surface area contributed by atoms with E-state index in [1.807, 2.05) is 9.80 Å². The van der Waals surface area contributed by atoms with E-state index >= 15 is 0 Å². The lowest BCUT2D eigenvalue weighted by Crippen LogP contribution is -2.47. The summed E-state index contributed by atoms with van der Waals surface area (Å²) in [6, 6.07) is 7.74. The number of sulfone groups is 1. The van der Waals surface area contributed by atoms with E-state index in [0.29, 0.717) is 31.9 Å². The number of nitrogens with zero attached hydrogens (tertiary/aromatic N) is 4. The van der Waals surface area contributed by atoms with Crippen molar-refractivity contribution in [1.82, 2.24) is 15.1 Å². The molecule has 0 spiro atoms. The maximum absolute atomic E-state index is 13.1. The molecule has 33 heavy (non-hydrogen) atoms. The van der Waals surface area contributed by atoms with E-state index in [1.165, 1.54) is 24.3 Å². The summed E-state index contributed by atoms with van der Waals surface area (Å²) < 4.78 is 63.6. The number of rotatable bonds is 5. The van der Waals surface area contributed by atoms with Gasteiger partial charge in [0.15, 0.2) is 5.03 Å². The summed E-state index contributed by atoms with van der Waals surface area (Å²) >= 11 is 0. The number of aromatic nitrogens is 2. The lowest BCUT2D eigenvalue weighted by Gasteiger charge is -2.35. The fourth-order valence-electron chi connectivity index (χ4n) is 3.22. The van der Waals surface area contributed by atoms with Crippen LogP contribution in [0.4, 0.5) is 24.7 Å². The zero-order valence-electron chi connectivity index (χ0n) is 17.3. The zero-order valence-corrected chi connectivity index (χ0v) is 18.1. The molecule has 0 radical (unpaired) electrons. The van der Waals surface area contributed by atoms with Gasteiger partial charge in [-0.25, -0.2) is 8.42 Å². The Morgan fingerprint density at radius 3 is 2.18 bits per heavy atom. The fourth-order valence-corrected chi connectivity index (χ4v) is 3.98. The number of anilines is 2. The van der Waals surface area contributed by atoms with Crippen molar-refractivity contribution in [3.63, 3.8) is 0 Å². The minimum absolute atomic E-state index is 0.0962. The van der Waals surface area contributed by atoms with E-state index in [-0.39, 0.29) is 17.4 Å². The van der Waals surface area contributed by atoms with Crippen LogP contribution in [-0.2, 0) is 15.4 Å². The Kier molecular flexibility index (Phi) is 7.13. The highest BCUT2D eigenvalue weighted by atomic mass is 32.2. The maximum Gasteiger partial charge on any atom is 0.423 e. The molecule has 0 aliphatic carbocycles. The summed E-state index contributed by atoms with van der Waals surface area (Å²) in [6.07, 6.45) is -5.01. The van der Waals surface area contributed by atoms with Gasteiger partial charge in [0, 0.05) is 37.1 Å². The standard InChI is InChI=1S/C20H22F3N5O4S/c21-20(22,23)19(30,14-29)15-2-4-16(5-3-15)28-11-9-27(10-12-28)8-1-13-33(31,32)18-7-6-17(24)25-26-18/h2-7,29-30H,8-12,14H2,(H2,24,25). The molecule has 13 heteroatoms. The van der Waals surface area contributed by atoms with Crippen molar-refractivity contribution in [2.45, 2.75) is 16.8 Å². The van der Waals surface area contributed by atoms with Crippen molar-refractivity contribution in [3.8, 4) is 11.2 Å². The van der Waals surface area contributed by atoms with Crippen LogP contribution in [0.5, 0.6) is 0 Å². The third-order valence-corrected chi connectivity index (χ3v) is 6.41. The fraction of sp³-hybridized carbons (Fsp3) is 0.400. The largest absolute Gasteiger partial charge is 0.423 e. The number of benzene rings is 1. The molecule has 178 valence electrons. The van der Waals surface area contributed by atoms with Crippen LogP contribution in [0, 0.1) is 11.2 Å². The van der Waals surface area contributed by atoms with E-state index in [1.54, 1.807) is 0 Å². The van der Waals surface area contributed by atoms with Crippen LogP contribution in [0.25, 0.3) is 0 Å². The van der Waals surface area contributed by atoms with Crippen molar-refractivity contribution < 1.29 is 31.8 Å². The van der Waals surface area contributed by atoms with Gasteiger partial charge in [0.2, 0.25) is 5.60 Å². The van der Waals surface area contributed by atoms with Gasteiger partial charge in [-0.1, -0.05) is 18.1 Å². The third-order valence-electron chi connectivity index (χ3n) is 5.23. The lowest BCUT2D eigenvalue weighted by atomic mass is 9.93. The van der Waals surface area contributed by atoms with Crippen LogP contribution in [0.1, 0.15) is 5.56 Å². The van der Waals surface area contributed by atoms with Gasteiger partial charge in [0.25, 0.3) is 9.84 Å². The molecule has 1 aliphatic rings. The summed E-state index contributed by atoms with van der Waals surface area (Å²) in [4.78, 5) is 3.89. The van der Waals surface area contributed by atoms with Gasteiger partial charge in [-0.05, 0) is 29.8 Å². The summed E-state index contributed by atoms with van der Waals surface area (Å²) in [5.74, 6) is 2.72. The molecule has 1 aliphatic heterocycles. The monoisotopic (exact) mass is 485 g/mol. The molecule has 0 bridgehead atoms. The molecule has 2 heterocycles. The van der Waals surface area contributed by atoms with Crippen LogP contribution < -0.4 is 10.6 Å². The first-order valence-electron chi connectivity index (χ1n) is 9.78. The number of halogens is 3. The van der Waals surface area contributed by atoms with Gasteiger partial charge in [-0.3, -0.25) is 4.90 Å². The van der Waals surface area contributed by atoms with E-state index in [2.05, 4.69) is 21.4 Å². The molecule has 1 fully saturated rings. The number of nitrogens with two attached hydrogens (primary N) is 1. The molecule has 0 saturated carbocycles. The number of hydrogen-bond donors (Lipinski definition) is 3. The highest BCUT2D eigenvalue weighted by Gasteiger charge is 2.54. The molecule has 3 rings (SSSR count). The van der Waals surface area contributed by atoms with Gasteiger partial charge in [-0.15, -0.1) is 10.2 Å². The third kappa shape index (κ3) is 5.53. The van der Waals surface area contributed by atoms with E-state index < -0.39 is 33.8 Å². The SMILES string of the molecule is Nc1ccc(S(=O)(=O)C#CCN2CCN(c3ccc(C(O)(CO)C(F)(F)F)cc3)CC2)nn1. The number of alkyl halides is 3. The Labute approximate surface area is 188 Å². The van der Waals surface area contributed by atoms with Gasteiger partial charge < -0.3 is 20.8 Å². The molecule has 1 unspecified atom stereocenters. The molecule has 1 atom stereocenters. The number of hydrogen-bond acceptors (Lipinski definition) is 9. The molecule has 0 amide bonds. The summed E-state index contributed by atoms with van der Waals surface area (Å²) in [5, 5.41) is 27.8. The molecule has 1 aromatic carbocycles. The van der Waals surface area contributed by atoms with E-state index in [9.17, 15) is 26.7 Å². The van der Waals surface area contributed by atoms with Gasteiger partial charge in [0.05, 0.1) is 13.2 Å². The van der Waals surface area contributed by atoms with Crippen LogP contribution in [0.15, 0.2) is 41.4 Å². The highest BCUT2D eigenvalue weighted by molar-refractivity contribution is 7.96. The first-order chi connectivity index (χ1) is 15.5. The first kappa shape index (κ1) is 24.7. The number of aliphatic hydroxyl groups is 2. The molecular weight excluding hydrogens is 463 g/mol. The first-order valence-corrected chi connectivity index (χ1v) is 11.3. The topological polar surface area (TPSA) is 133 Å². The minimum Gasteiger partial charge on any atom is -0.393 e. The maximum atomic E-state index is 13.1. The zero-order chi connectivity index (χ0) is 24.3. The Morgan fingerprint density at radius 2 is 1.67 bits per heavy atom. The van der Waals surface area contributed by atoms with Crippen LogP contribution in [-0.4, -0.2) is 79.2 Å². The Morgan fingerprint density at radius 1 is 1.03 bits per heavy atom. The van der Waals surface area contributed by atoms with Crippen molar-refractivity contribution in [2.24, 2.45) is 0 Å². The molecule has 2 aromatic rings. The number of nitrogen functional groups attached to an aromatic ring is 1. The molecule has 4 N–H and O–H groups in total.